The minimum Gasteiger partial charge on any atom is -0.338 e. The van der Waals surface area contributed by atoms with Gasteiger partial charge in [-0.15, -0.1) is 11.3 Å². The molecule has 0 spiro atoms. The molecule has 2 aliphatic heterocycles. The van der Waals surface area contributed by atoms with E-state index in [4.69, 9.17) is 0 Å². The zero-order chi connectivity index (χ0) is 20.7. The first-order valence-corrected chi connectivity index (χ1v) is 11.5. The summed E-state index contributed by atoms with van der Waals surface area (Å²) < 4.78 is 0. The third-order valence-electron chi connectivity index (χ3n) is 6.30. The van der Waals surface area contributed by atoms with Gasteiger partial charge in [-0.2, -0.15) is 0 Å². The number of nitrogens with zero attached hydrogens (tertiary/aromatic N) is 2. The van der Waals surface area contributed by atoms with Crippen molar-refractivity contribution < 1.29 is 14.4 Å². The summed E-state index contributed by atoms with van der Waals surface area (Å²) in [6.07, 6.45) is 4.22. The van der Waals surface area contributed by atoms with E-state index in [1.54, 1.807) is 12.1 Å². The molecule has 0 unspecified atom stereocenters. The van der Waals surface area contributed by atoms with Crippen molar-refractivity contribution in [1.82, 2.24) is 4.90 Å². The van der Waals surface area contributed by atoms with Crippen molar-refractivity contribution in [1.29, 1.82) is 0 Å². The van der Waals surface area contributed by atoms with E-state index < -0.39 is 0 Å². The highest BCUT2D eigenvalue weighted by Crippen LogP contribution is 2.33. The quantitative estimate of drug-likeness (QED) is 0.818. The van der Waals surface area contributed by atoms with Gasteiger partial charge in [-0.1, -0.05) is 18.2 Å². The Morgan fingerprint density at radius 2 is 1.67 bits per heavy atom. The number of para-hydroxylation sites is 1. The van der Waals surface area contributed by atoms with Crippen LogP contribution in [-0.4, -0.2) is 42.3 Å². The molecule has 0 radical (unpaired) electrons. The number of piperidine rings is 1. The van der Waals surface area contributed by atoms with Gasteiger partial charge >= 0.3 is 0 Å². The van der Waals surface area contributed by atoms with Crippen LogP contribution < -0.4 is 10.2 Å². The van der Waals surface area contributed by atoms with Gasteiger partial charge in [-0.3, -0.25) is 14.4 Å². The number of carbonyl (C=O) groups is 3. The van der Waals surface area contributed by atoms with Crippen molar-refractivity contribution in [2.75, 3.05) is 29.9 Å². The number of amides is 3. The molecule has 2 aromatic rings. The zero-order valence-corrected chi connectivity index (χ0v) is 17.6. The third-order valence-corrected chi connectivity index (χ3v) is 7.28. The van der Waals surface area contributed by atoms with Crippen LogP contribution in [0, 0.1) is 11.8 Å². The lowest BCUT2D eigenvalue weighted by Gasteiger charge is -2.33. The van der Waals surface area contributed by atoms with Crippen LogP contribution in [0.2, 0.25) is 0 Å². The van der Waals surface area contributed by atoms with Gasteiger partial charge in [0.2, 0.25) is 11.8 Å². The smallest absolute Gasteiger partial charge is 0.263 e. The minimum absolute atomic E-state index is 0.00987. The summed E-state index contributed by atoms with van der Waals surface area (Å²) in [5, 5.41) is 3.63. The lowest BCUT2D eigenvalue weighted by molar-refractivity contribution is -0.123. The number of rotatable bonds is 4. The van der Waals surface area contributed by atoms with E-state index in [2.05, 4.69) is 11.4 Å². The molecular formula is C23H25N3O3S. The summed E-state index contributed by atoms with van der Waals surface area (Å²) in [5.41, 5.74) is 2.28. The highest BCUT2D eigenvalue weighted by molar-refractivity contribution is 7.18. The van der Waals surface area contributed by atoms with Crippen LogP contribution in [0.25, 0.3) is 0 Å². The van der Waals surface area contributed by atoms with E-state index in [0.29, 0.717) is 30.8 Å². The SMILES string of the molecule is O=C(Nc1ccc(C(=O)N2CCC(C(=O)N3CCc4ccccc43)CC2)s1)C1CC1. The fourth-order valence-corrected chi connectivity index (χ4v) is 5.24. The molecule has 1 saturated carbocycles. The Hall–Kier alpha value is -2.67. The van der Waals surface area contributed by atoms with Crippen LogP contribution in [0.15, 0.2) is 36.4 Å². The van der Waals surface area contributed by atoms with Gasteiger partial charge in [0.05, 0.1) is 9.88 Å². The number of hydrogen-bond donors (Lipinski definition) is 1. The molecule has 2 fully saturated rings. The van der Waals surface area contributed by atoms with Crippen LogP contribution in [0.4, 0.5) is 10.7 Å². The van der Waals surface area contributed by atoms with Gasteiger partial charge < -0.3 is 15.1 Å². The van der Waals surface area contributed by atoms with Crippen molar-refractivity contribution >= 4 is 39.7 Å². The van der Waals surface area contributed by atoms with E-state index in [1.807, 2.05) is 28.0 Å². The maximum atomic E-state index is 13.1. The summed E-state index contributed by atoms with van der Waals surface area (Å²) in [4.78, 5) is 42.2. The number of hydrogen-bond acceptors (Lipinski definition) is 4. The van der Waals surface area contributed by atoms with Crippen LogP contribution >= 0.6 is 11.3 Å². The molecule has 156 valence electrons. The molecule has 6 nitrogen and oxygen atoms in total. The van der Waals surface area contributed by atoms with Gasteiger partial charge in [0.15, 0.2) is 0 Å². The van der Waals surface area contributed by atoms with E-state index in [0.717, 1.165) is 36.5 Å². The van der Waals surface area contributed by atoms with Gasteiger partial charge in [0, 0.05) is 37.2 Å². The third kappa shape index (κ3) is 3.74. The van der Waals surface area contributed by atoms with Gasteiger partial charge in [-0.05, 0) is 55.9 Å². The van der Waals surface area contributed by atoms with Crippen molar-refractivity contribution in [3.05, 3.63) is 46.8 Å². The first-order valence-electron chi connectivity index (χ1n) is 10.7. The standard InChI is InChI=1S/C23H25N3O3S/c27-21(16-5-6-16)24-20-8-7-19(30-20)23(29)25-12-9-17(10-13-25)22(28)26-14-11-15-3-1-2-4-18(15)26/h1-4,7-8,16-17H,5-6,9-14H2,(H,24,27). The molecule has 3 heterocycles. The summed E-state index contributed by atoms with van der Waals surface area (Å²) in [7, 11) is 0. The van der Waals surface area contributed by atoms with Crippen LogP contribution in [0.3, 0.4) is 0 Å². The maximum absolute atomic E-state index is 13.1. The van der Waals surface area contributed by atoms with Crippen LogP contribution in [0.5, 0.6) is 0 Å². The Balaban J connectivity index is 1.17. The molecular weight excluding hydrogens is 398 g/mol. The van der Waals surface area contributed by atoms with Crippen molar-refractivity contribution in [2.24, 2.45) is 11.8 Å². The molecule has 0 atom stereocenters. The highest BCUT2D eigenvalue weighted by atomic mass is 32.1. The number of thiophene rings is 1. The molecule has 3 aliphatic rings. The number of anilines is 2. The zero-order valence-electron chi connectivity index (χ0n) is 16.8. The van der Waals surface area contributed by atoms with Crippen molar-refractivity contribution in [3.63, 3.8) is 0 Å². The second-order valence-corrected chi connectivity index (χ2v) is 9.45. The lowest BCUT2D eigenvalue weighted by Crippen LogP contribution is -2.44. The monoisotopic (exact) mass is 423 g/mol. The van der Waals surface area contributed by atoms with Crippen molar-refractivity contribution in [2.45, 2.75) is 32.1 Å². The second-order valence-electron chi connectivity index (χ2n) is 8.36. The Morgan fingerprint density at radius 1 is 0.900 bits per heavy atom. The topological polar surface area (TPSA) is 69.7 Å². The summed E-state index contributed by atoms with van der Waals surface area (Å²) in [6.45, 7) is 1.93. The summed E-state index contributed by atoms with van der Waals surface area (Å²) in [6, 6.07) is 11.7. The van der Waals surface area contributed by atoms with Gasteiger partial charge in [-0.25, -0.2) is 0 Å². The average Bonchev–Trinajstić information content (AvgIpc) is 3.39. The second kappa shape index (κ2) is 7.87. The van der Waals surface area contributed by atoms with E-state index in [9.17, 15) is 14.4 Å². The van der Waals surface area contributed by atoms with Crippen LogP contribution in [0.1, 0.15) is 40.9 Å². The fraction of sp³-hybridized carbons (Fsp3) is 0.435. The normalized spacial score (nSPS) is 18.9. The predicted molar refractivity (Wildman–Crippen MR) is 117 cm³/mol. The Bertz CT molecular complexity index is 989. The number of benzene rings is 1. The summed E-state index contributed by atoms with van der Waals surface area (Å²) >= 11 is 1.33. The molecule has 30 heavy (non-hydrogen) atoms. The molecule has 1 N–H and O–H groups in total. The maximum Gasteiger partial charge on any atom is 0.263 e. The molecule has 5 rings (SSSR count). The Morgan fingerprint density at radius 3 is 2.43 bits per heavy atom. The molecule has 7 heteroatoms. The van der Waals surface area contributed by atoms with E-state index in [1.165, 1.54) is 16.9 Å². The molecule has 1 aromatic carbocycles. The molecule has 1 saturated heterocycles. The van der Waals surface area contributed by atoms with Gasteiger partial charge in [0.25, 0.3) is 5.91 Å². The van der Waals surface area contributed by atoms with Crippen molar-refractivity contribution in [3.8, 4) is 0 Å². The first kappa shape index (κ1) is 19.3. The first-order chi connectivity index (χ1) is 14.6. The van der Waals surface area contributed by atoms with E-state index in [-0.39, 0.29) is 29.6 Å². The average molecular weight is 424 g/mol. The van der Waals surface area contributed by atoms with Gasteiger partial charge in [0.1, 0.15) is 0 Å². The Labute approximate surface area is 179 Å². The van der Waals surface area contributed by atoms with E-state index >= 15 is 0 Å². The number of carbonyl (C=O) groups excluding carboxylic acids is 3. The van der Waals surface area contributed by atoms with Crippen LogP contribution in [-0.2, 0) is 16.0 Å². The number of likely N-dealkylation sites (tertiary alicyclic amines) is 1. The molecule has 1 aromatic heterocycles. The molecule has 1 aliphatic carbocycles. The minimum atomic E-state index is -0.0306. The molecule has 3 amide bonds. The lowest BCUT2D eigenvalue weighted by atomic mass is 9.95. The largest absolute Gasteiger partial charge is 0.338 e. The number of fused-ring (bicyclic) bond motifs is 1. The number of nitrogens with one attached hydrogen (secondary N) is 1. The predicted octanol–water partition coefficient (Wildman–Crippen LogP) is 3.54. The highest BCUT2D eigenvalue weighted by Gasteiger charge is 2.34. The molecule has 0 bridgehead atoms. The Kier molecular flexibility index (Phi) is 5.06. The fourth-order valence-electron chi connectivity index (χ4n) is 4.36. The summed E-state index contributed by atoms with van der Waals surface area (Å²) in [5.74, 6) is 0.346.